The number of fused-ring (bicyclic) bond motifs is 2. The van der Waals surface area contributed by atoms with E-state index in [1.54, 1.807) is 13.8 Å². The molecule has 0 radical (unpaired) electrons. The van der Waals surface area contributed by atoms with Crippen LogP contribution in [0.25, 0.3) is 0 Å². The first kappa shape index (κ1) is 18.4. The lowest BCUT2D eigenvalue weighted by molar-refractivity contribution is -0.126. The largest absolute Gasteiger partial charge is 0.352 e. The van der Waals surface area contributed by atoms with Crippen LogP contribution in [-0.2, 0) is 27.1 Å². The zero-order valence-electron chi connectivity index (χ0n) is 15.0. The van der Waals surface area contributed by atoms with E-state index in [1.807, 2.05) is 24.3 Å². The first-order valence-corrected chi connectivity index (χ1v) is 10.8. The summed E-state index contributed by atoms with van der Waals surface area (Å²) >= 11 is 0. The molecule has 2 N–H and O–H groups in total. The van der Waals surface area contributed by atoms with Crippen LogP contribution >= 0.6 is 0 Å². The molecule has 2 aliphatic rings. The summed E-state index contributed by atoms with van der Waals surface area (Å²) in [6, 6.07) is 7.31. The lowest BCUT2D eigenvalue weighted by Gasteiger charge is -2.20. The number of sulfonamides is 1. The van der Waals surface area contributed by atoms with Crippen molar-refractivity contribution in [3.05, 3.63) is 35.4 Å². The van der Waals surface area contributed by atoms with Gasteiger partial charge in [-0.25, -0.2) is 13.1 Å². The van der Waals surface area contributed by atoms with Crippen molar-refractivity contribution in [2.45, 2.75) is 57.9 Å². The number of carbonyl (C=O) groups excluding carboxylic acids is 1. The normalized spacial score (nSPS) is 25.5. The van der Waals surface area contributed by atoms with Crippen molar-refractivity contribution < 1.29 is 13.2 Å². The fraction of sp³-hybridized carbons (Fsp3) is 0.632. The van der Waals surface area contributed by atoms with Crippen molar-refractivity contribution in [1.82, 2.24) is 10.0 Å². The van der Waals surface area contributed by atoms with Crippen molar-refractivity contribution in [2.24, 2.45) is 17.8 Å². The second-order valence-electron chi connectivity index (χ2n) is 7.85. The van der Waals surface area contributed by atoms with Crippen LogP contribution in [0.3, 0.4) is 0 Å². The Kier molecular flexibility index (Phi) is 5.49. The standard InChI is InChI=1S/C19H28N2O3S/c1-13(2)21-25(23,24)12-15-5-3-14(4-6-15)11-20-19(22)18-10-16-7-8-17(18)9-16/h3-6,13,16-18,21H,7-12H2,1-2H3,(H,20,22). The van der Waals surface area contributed by atoms with E-state index in [0.29, 0.717) is 12.5 Å². The molecule has 3 unspecified atom stereocenters. The van der Waals surface area contributed by atoms with Crippen LogP contribution in [0.15, 0.2) is 24.3 Å². The molecule has 0 heterocycles. The highest BCUT2D eigenvalue weighted by molar-refractivity contribution is 7.88. The lowest BCUT2D eigenvalue weighted by atomic mass is 9.88. The van der Waals surface area contributed by atoms with Gasteiger partial charge in [-0.2, -0.15) is 0 Å². The van der Waals surface area contributed by atoms with Crippen molar-refractivity contribution >= 4 is 15.9 Å². The molecule has 3 atom stereocenters. The van der Waals surface area contributed by atoms with Gasteiger partial charge in [0.1, 0.15) is 0 Å². The third kappa shape index (κ3) is 4.82. The average molecular weight is 365 g/mol. The zero-order chi connectivity index (χ0) is 18.0. The van der Waals surface area contributed by atoms with Crippen molar-refractivity contribution in [2.75, 3.05) is 0 Å². The maximum absolute atomic E-state index is 12.4. The van der Waals surface area contributed by atoms with Gasteiger partial charge >= 0.3 is 0 Å². The number of benzene rings is 1. The highest BCUT2D eigenvalue weighted by atomic mass is 32.2. The molecule has 2 aliphatic carbocycles. The number of carbonyl (C=O) groups is 1. The van der Waals surface area contributed by atoms with Gasteiger partial charge in [0.05, 0.1) is 5.75 Å². The third-order valence-electron chi connectivity index (χ3n) is 5.34. The molecular formula is C19H28N2O3S. The summed E-state index contributed by atoms with van der Waals surface area (Å²) in [5.41, 5.74) is 1.74. The number of hydrogen-bond acceptors (Lipinski definition) is 3. The van der Waals surface area contributed by atoms with Gasteiger partial charge in [0, 0.05) is 18.5 Å². The maximum Gasteiger partial charge on any atom is 0.223 e. The Labute approximate surface area is 150 Å². The fourth-order valence-corrected chi connectivity index (χ4v) is 5.69. The van der Waals surface area contributed by atoms with Crippen LogP contribution in [0.1, 0.15) is 50.7 Å². The van der Waals surface area contributed by atoms with Crippen LogP contribution in [0.2, 0.25) is 0 Å². The Morgan fingerprint density at radius 3 is 2.36 bits per heavy atom. The molecule has 0 spiro atoms. The Balaban J connectivity index is 1.50. The predicted molar refractivity (Wildman–Crippen MR) is 98.1 cm³/mol. The Hall–Kier alpha value is -1.40. The van der Waals surface area contributed by atoms with E-state index in [1.165, 1.54) is 19.3 Å². The molecule has 2 bridgehead atoms. The molecule has 1 aromatic carbocycles. The topological polar surface area (TPSA) is 75.3 Å². The van der Waals surface area contributed by atoms with Gasteiger partial charge in [-0.1, -0.05) is 30.7 Å². The molecule has 0 aromatic heterocycles. The van der Waals surface area contributed by atoms with E-state index in [9.17, 15) is 13.2 Å². The monoisotopic (exact) mass is 364 g/mol. The van der Waals surface area contributed by atoms with Crippen LogP contribution in [-0.4, -0.2) is 20.4 Å². The lowest BCUT2D eigenvalue weighted by Crippen LogP contribution is -2.33. The number of hydrogen-bond donors (Lipinski definition) is 2. The van der Waals surface area contributed by atoms with Crippen molar-refractivity contribution in [1.29, 1.82) is 0 Å². The summed E-state index contributed by atoms with van der Waals surface area (Å²) in [5.74, 6) is 1.71. The molecular weight excluding hydrogens is 336 g/mol. The molecule has 2 fully saturated rings. The third-order valence-corrected chi connectivity index (χ3v) is 6.88. The quantitative estimate of drug-likeness (QED) is 0.781. The molecule has 5 nitrogen and oxygen atoms in total. The zero-order valence-corrected chi connectivity index (χ0v) is 15.8. The summed E-state index contributed by atoms with van der Waals surface area (Å²) in [6.45, 7) is 4.11. The van der Waals surface area contributed by atoms with Crippen LogP contribution < -0.4 is 10.0 Å². The van der Waals surface area contributed by atoms with Gasteiger partial charge in [0.25, 0.3) is 0 Å². The first-order chi connectivity index (χ1) is 11.8. The van der Waals surface area contributed by atoms with Gasteiger partial charge in [0.15, 0.2) is 0 Å². The van der Waals surface area contributed by atoms with Gasteiger partial charge in [-0.3, -0.25) is 4.79 Å². The first-order valence-electron chi connectivity index (χ1n) is 9.18. The summed E-state index contributed by atoms with van der Waals surface area (Å²) in [4.78, 5) is 12.4. The van der Waals surface area contributed by atoms with E-state index in [4.69, 9.17) is 0 Å². The molecule has 3 rings (SSSR count). The van der Waals surface area contributed by atoms with E-state index in [0.717, 1.165) is 23.5 Å². The van der Waals surface area contributed by atoms with Gasteiger partial charge in [-0.05, 0) is 56.1 Å². The molecule has 25 heavy (non-hydrogen) atoms. The van der Waals surface area contributed by atoms with Crippen LogP contribution in [0, 0.1) is 17.8 Å². The van der Waals surface area contributed by atoms with E-state index >= 15 is 0 Å². The van der Waals surface area contributed by atoms with Gasteiger partial charge < -0.3 is 5.32 Å². The number of rotatable bonds is 7. The minimum atomic E-state index is -3.31. The Morgan fingerprint density at radius 1 is 1.12 bits per heavy atom. The smallest absolute Gasteiger partial charge is 0.223 e. The van der Waals surface area contributed by atoms with E-state index in [2.05, 4.69) is 10.0 Å². The number of amides is 1. The molecule has 6 heteroatoms. The van der Waals surface area contributed by atoms with E-state index in [-0.39, 0.29) is 23.6 Å². The van der Waals surface area contributed by atoms with Crippen LogP contribution in [0.5, 0.6) is 0 Å². The van der Waals surface area contributed by atoms with Gasteiger partial charge in [0.2, 0.25) is 15.9 Å². The average Bonchev–Trinajstić information content (AvgIpc) is 3.15. The van der Waals surface area contributed by atoms with Crippen molar-refractivity contribution in [3.63, 3.8) is 0 Å². The maximum atomic E-state index is 12.4. The minimum Gasteiger partial charge on any atom is -0.352 e. The molecule has 1 amide bonds. The fourth-order valence-electron chi connectivity index (χ4n) is 4.26. The Bertz CT molecular complexity index is 713. The van der Waals surface area contributed by atoms with E-state index < -0.39 is 10.0 Å². The summed E-state index contributed by atoms with van der Waals surface area (Å²) in [7, 11) is -3.31. The Morgan fingerprint density at radius 2 is 1.80 bits per heavy atom. The number of nitrogens with one attached hydrogen (secondary N) is 2. The molecule has 0 saturated heterocycles. The summed E-state index contributed by atoms with van der Waals surface area (Å²) < 4.78 is 26.5. The molecule has 0 aliphatic heterocycles. The highest BCUT2D eigenvalue weighted by Crippen LogP contribution is 2.48. The summed E-state index contributed by atoms with van der Waals surface area (Å²) in [5, 5.41) is 3.05. The molecule has 1 aromatic rings. The minimum absolute atomic E-state index is 0.0248. The predicted octanol–water partition coefficient (Wildman–Crippen LogP) is 2.57. The summed E-state index contributed by atoms with van der Waals surface area (Å²) in [6.07, 6.45) is 4.78. The second kappa shape index (κ2) is 7.46. The SMILES string of the molecule is CC(C)NS(=O)(=O)Cc1ccc(CNC(=O)C2CC3CCC2C3)cc1. The van der Waals surface area contributed by atoms with Crippen LogP contribution in [0.4, 0.5) is 0 Å². The highest BCUT2D eigenvalue weighted by Gasteiger charge is 2.42. The second-order valence-corrected chi connectivity index (χ2v) is 9.60. The van der Waals surface area contributed by atoms with Gasteiger partial charge in [-0.15, -0.1) is 0 Å². The molecule has 138 valence electrons. The van der Waals surface area contributed by atoms with Crippen molar-refractivity contribution in [3.8, 4) is 0 Å². The molecule has 2 saturated carbocycles.